The monoisotopic (exact) mass is 288 g/mol. The van der Waals surface area contributed by atoms with Gasteiger partial charge in [0, 0.05) is 19.0 Å². The van der Waals surface area contributed by atoms with Crippen molar-refractivity contribution < 1.29 is 14.6 Å². The Morgan fingerprint density at radius 3 is 2.86 bits per heavy atom. The van der Waals surface area contributed by atoms with E-state index in [4.69, 9.17) is 9.72 Å². The van der Waals surface area contributed by atoms with Gasteiger partial charge >= 0.3 is 5.97 Å². The lowest BCUT2D eigenvalue weighted by Gasteiger charge is -2.27. The van der Waals surface area contributed by atoms with Crippen LogP contribution < -0.4 is 4.74 Å². The predicted molar refractivity (Wildman–Crippen MR) is 79.6 cm³/mol. The number of rotatable bonds is 3. The standard InChI is InChI=1S/C16H20N2O3/c1-18-14-8-7-10(21-2)9-13(14)17-15(18)11-5-3-4-6-12(11)16(19)20/h7-9,11-12H,3-6H2,1-2H3,(H,19,20). The van der Waals surface area contributed by atoms with Crippen molar-refractivity contribution in [2.24, 2.45) is 13.0 Å². The van der Waals surface area contributed by atoms with E-state index in [9.17, 15) is 9.90 Å². The number of aryl methyl sites for hydroxylation is 1. The van der Waals surface area contributed by atoms with Crippen LogP contribution in [-0.2, 0) is 11.8 Å². The summed E-state index contributed by atoms with van der Waals surface area (Å²) in [5.74, 6) is 0.621. The molecule has 1 aliphatic rings. The quantitative estimate of drug-likeness (QED) is 0.943. The van der Waals surface area contributed by atoms with E-state index in [1.807, 2.05) is 29.8 Å². The van der Waals surface area contributed by atoms with E-state index >= 15 is 0 Å². The van der Waals surface area contributed by atoms with Gasteiger partial charge in [-0.05, 0) is 25.0 Å². The van der Waals surface area contributed by atoms with Crippen molar-refractivity contribution in [3.05, 3.63) is 24.0 Å². The number of carboxylic acid groups (broad SMARTS) is 1. The zero-order valence-corrected chi connectivity index (χ0v) is 12.4. The molecular formula is C16H20N2O3. The Balaban J connectivity index is 2.06. The number of hydrogen-bond acceptors (Lipinski definition) is 3. The summed E-state index contributed by atoms with van der Waals surface area (Å²) in [7, 11) is 3.59. The van der Waals surface area contributed by atoms with Crippen molar-refractivity contribution in [3.8, 4) is 5.75 Å². The van der Waals surface area contributed by atoms with Crippen molar-refractivity contribution in [3.63, 3.8) is 0 Å². The van der Waals surface area contributed by atoms with Crippen LogP contribution in [0.25, 0.3) is 11.0 Å². The van der Waals surface area contributed by atoms with Gasteiger partial charge in [0.1, 0.15) is 11.6 Å². The number of fused-ring (bicyclic) bond motifs is 1. The van der Waals surface area contributed by atoms with Crippen molar-refractivity contribution in [1.82, 2.24) is 9.55 Å². The third kappa shape index (κ3) is 2.37. The SMILES string of the molecule is COc1ccc2c(c1)nc(C1CCCCC1C(=O)O)n2C. The molecule has 2 atom stereocenters. The van der Waals surface area contributed by atoms with Crippen LogP contribution in [0.2, 0.25) is 0 Å². The Kier molecular flexibility index (Phi) is 3.57. The highest BCUT2D eigenvalue weighted by Crippen LogP contribution is 2.38. The predicted octanol–water partition coefficient (Wildman–Crippen LogP) is 2.94. The summed E-state index contributed by atoms with van der Waals surface area (Å²) in [6.45, 7) is 0. The first-order valence-electron chi connectivity index (χ1n) is 7.35. The molecular weight excluding hydrogens is 268 g/mol. The highest BCUT2D eigenvalue weighted by molar-refractivity contribution is 5.78. The van der Waals surface area contributed by atoms with E-state index in [2.05, 4.69) is 0 Å². The molecule has 3 rings (SSSR count). The number of hydrogen-bond donors (Lipinski definition) is 1. The van der Waals surface area contributed by atoms with Crippen LogP contribution in [0.15, 0.2) is 18.2 Å². The maximum absolute atomic E-state index is 11.5. The molecule has 21 heavy (non-hydrogen) atoms. The third-order valence-corrected chi connectivity index (χ3v) is 4.54. The van der Waals surface area contributed by atoms with E-state index in [0.717, 1.165) is 48.3 Å². The topological polar surface area (TPSA) is 64.3 Å². The number of methoxy groups -OCH3 is 1. The molecule has 1 aromatic carbocycles. The van der Waals surface area contributed by atoms with E-state index < -0.39 is 5.97 Å². The molecule has 0 aliphatic heterocycles. The molecule has 5 nitrogen and oxygen atoms in total. The number of imidazole rings is 1. The molecule has 1 aliphatic carbocycles. The second-order valence-corrected chi connectivity index (χ2v) is 5.72. The Hall–Kier alpha value is -2.04. The van der Waals surface area contributed by atoms with Gasteiger partial charge in [-0.1, -0.05) is 12.8 Å². The fraction of sp³-hybridized carbons (Fsp3) is 0.500. The molecule has 1 aromatic heterocycles. The summed E-state index contributed by atoms with van der Waals surface area (Å²) >= 11 is 0. The second-order valence-electron chi connectivity index (χ2n) is 5.72. The fourth-order valence-electron chi connectivity index (χ4n) is 3.39. The summed E-state index contributed by atoms with van der Waals surface area (Å²) in [4.78, 5) is 16.2. The summed E-state index contributed by atoms with van der Waals surface area (Å²) in [5, 5.41) is 9.46. The van der Waals surface area contributed by atoms with Crippen LogP contribution in [0.1, 0.15) is 37.4 Å². The fourth-order valence-corrected chi connectivity index (χ4v) is 3.39. The maximum atomic E-state index is 11.5. The Morgan fingerprint density at radius 2 is 2.14 bits per heavy atom. The average Bonchev–Trinajstić information content (AvgIpc) is 2.83. The number of ether oxygens (including phenoxy) is 1. The summed E-state index contributed by atoms with van der Waals surface area (Å²) in [5.41, 5.74) is 1.88. The van der Waals surface area contributed by atoms with Crippen LogP contribution in [-0.4, -0.2) is 27.7 Å². The lowest BCUT2D eigenvalue weighted by atomic mass is 9.79. The largest absolute Gasteiger partial charge is 0.497 e. The number of benzene rings is 1. The Morgan fingerprint density at radius 1 is 1.38 bits per heavy atom. The van der Waals surface area contributed by atoms with E-state index in [-0.39, 0.29) is 11.8 Å². The maximum Gasteiger partial charge on any atom is 0.307 e. The molecule has 1 saturated carbocycles. The van der Waals surface area contributed by atoms with Gasteiger partial charge in [-0.15, -0.1) is 0 Å². The minimum atomic E-state index is -0.704. The summed E-state index contributed by atoms with van der Waals surface area (Å²) < 4.78 is 7.26. The minimum absolute atomic E-state index is 0.000329. The van der Waals surface area contributed by atoms with Crippen LogP contribution >= 0.6 is 0 Å². The molecule has 0 saturated heterocycles. The number of carbonyl (C=O) groups is 1. The van der Waals surface area contributed by atoms with Crippen molar-refractivity contribution in [1.29, 1.82) is 0 Å². The van der Waals surface area contributed by atoms with Gasteiger partial charge in [0.05, 0.1) is 24.1 Å². The molecule has 1 heterocycles. The molecule has 0 bridgehead atoms. The lowest BCUT2D eigenvalue weighted by Crippen LogP contribution is -2.27. The van der Waals surface area contributed by atoms with E-state index in [0.29, 0.717) is 0 Å². The zero-order chi connectivity index (χ0) is 15.0. The third-order valence-electron chi connectivity index (χ3n) is 4.54. The van der Waals surface area contributed by atoms with Crippen LogP contribution in [0.3, 0.4) is 0 Å². The van der Waals surface area contributed by atoms with Gasteiger partial charge in [-0.3, -0.25) is 4.79 Å². The van der Waals surface area contributed by atoms with Crippen LogP contribution in [0, 0.1) is 5.92 Å². The number of carboxylic acids is 1. The minimum Gasteiger partial charge on any atom is -0.497 e. The number of aliphatic carboxylic acids is 1. The highest BCUT2D eigenvalue weighted by Gasteiger charge is 2.34. The van der Waals surface area contributed by atoms with Crippen molar-refractivity contribution in [2.75, 3.05) is 7.11 Å². The van der Waals surface area contributed by atoms with Gasteiger partial charge in [-0.2, -0.15) is 0 Å². The molecule has 2 unspecified atom stereocenters. The zero-order valence-electron chi connectivity index (χ0n) is 12.4. The van der Waals surface area contributed by atoms with E-state index in [1.54, 1.807) is 7.11 Å². The highest BCUT2D eigenvalue weighted by atomic mass is 16.5. The van der Waals surface area contributed by atoms with Gasteiger partial charge < -0.3 is 14.4 Å². The number of aromatic nitrogens is 2. The van der Waals surface area contributed by atoms with Crippen molar-refractivity contribution in [2.45, 2.75) is 31.6 Å². The number of nitrogens with zero attached hydrogens (tertiary/aromatic N) is 2. The van der Waals surface area contributed by atoms with Gasteiger partial charge in [0.15, 0.2) is 0 Å². The first kappa shape index (κ1) is 13.9. The molecule has 0 spiro atoms. The molecule has 0 amide bonds. The molecule has 112 valence electrons. The molecule has 1 N–H and O–H groups in total. The molecule has 1 fully saturated rings. The normalized spacial score (nSPS) is 22.4. The lowest BCUT2D eigenvalue weighted by molar-refractivity contribution is -0.143. The first-order valence-corrected chi connectivity index (χ1v) is 7.35. The average molecular weight is 288 g/mol. The van der Waals surface area contributed by atoms with Gasteiger partial charge in [-0.25, -0.2) is 4.98 Å². The molecule has 0 radical (unpaired) electrons. The Bertz CT molecular complexity index is 677. The van der Waals surface area contributed by atoms with E-state index in [1.165, 1.54) is 0 Å². The van der Waals surface area contributed by atoms with Crippen LogP contribution in [0.4, 0.5) is 0 Å². The first-order chi connectivity index (χ1) is 10.1. The van der Waals surface area contributed by atoms with Crippen LogP contribution in [0.5, 0.6) is 5.75 Å². The van der Waals surface area contributed by atoms with Gasteiger partial charge in [0.2, 0.25) is 0 Å². The Labute approximate surface area is 123 Å². The summed E-state index contributed by atoms with van der Waals surface area (Å²) in [6, 6.07) is 5.78. The van der Waals surface area contributed by atoms with Crippen molar-refractivity contribution >= 4 is 17.0 Å². The molecule has 5 heteroatoms. The molecule has 2 aromatic rings. The smallest absolute Gasteiger partial charge is 0.307 e. The summed E-state index contributed by atoms with van der Waals surface area (Å²) in [6.07, 6.45) is 3.70. The van der Waals surface area contributed by atoms with Gasteiger partial charge in [0.25, 0.3) is 0 Å². The second kappa shape index (κ2) is 5.39.